The number of nitrogens with zero attached hydrogens (tertiary/aromatic N) is 4. The standard InChI is InChI=1S/C13H24BrN5O/c1-5-18(7-9(3)13(15)17-20)8-11-12(14)10(4)16-19(11)6-2/h9,20H,5-8H2,1-4H3,(H2,15,17). The van der Waals surface area contributed by atoms with Crippen LogP contribution < -0.4 is 5.73 Å². The topological polar surface area (TPSA) is 79.7 Å². The van der Waals surface area contributed by atoms with E-state index >= 15 is 0 Å². The molecule has 0 amide bonds. The molecule has 6 nitrogen and oxygen atoms in total. The van der Waals surface area contributed by atoms with Gasteiger partial charge in [-0.05, 0) is 36.3 Å². The van der Waals surface area contributed by atoms with E-state index in [2.05, 4.69) is 44.9 Å². The van der Waals surface area contributed by atoms with Crippen molar-refractivity contribution in [2.24, 2.45) is 16.8 Å². The van der Waals surface area contributed by atoms with E-state index in [0.29, 0.717) is 0 Å². The van der Waals surface area contributed by atoms with Crippen LogP contribution in [0.25, 0.3) is 0 Å². The molecule has 0 saturated carbocycles. The molecule has 7 heteroatoms. The highest BCUT2D eigenvalue weighted by Crippen LogP contribution is 2.22. The second-order valence-corrected chi connectivity index (χ2v) is 5.71. The SMILES string of the molecule is CCN(Cc1c(Br)c(C)nn1CC)CC(C)C(N)=NO. The number of aromatic nitrogens is 2. The van der Waals surface area contributed by atoms with Gasteiger partial charge >= 0.3 is 0 Å². The van der Waals surface area contributed by atoms with Crippen molar-refractivity contribution in [1.82, 2.24) is 14.7 Å². The van der Waals surface area contributed by atoms with Crippen LogP contribution in [0.15, 0.2) is 9.63 Å². The average Bonchev–Trinajstić information content (AvgIpc) is 2.72. The normalized spacial score (nSPS) is 14.0. The molecule has 3 N–H and O–H groups in total. The maximum Gasteiger partial charge on any atom is 0.143 e. The number of hydrogen-bond donors (Lipinski definition) is 2. The predicted molar refractivity (Wildman–Crippen MR) is 83.9 cm³/mol. The summed E-state index contributed by atoms with van der Waals surface area (Å²) in [6.45, 7) is 11.4. The lowest BCUT2D eigenvalue weighted by Gasteiger charge is -2.24. The van der Waals surface area contributed by atoms with Crippen molar-refractivity contribution in [3.05, 3.63) is 15.9 Å². The summed E-state index contributed by atoms with van der Waals surface area (Å²) >= 11 is 3.61. The molecule has 1 aromatic heterocycles. The number of rotatable bonds is 7. The van der Waals surface area contributed by atoms with Crippen LogP contribution in [0, 0.1) is 12.8 Å². The molecule has 0 fully saturated rings. The van der Waals surface area contributed by atoms with E-state index in [1.54, 1.807) is 0 Å². The lowest BCUT2D eigenvalue weighted by atomic mass is 10.1. The van der Waals surface area contributed by atoms with Crippen molar-refractivity contribution in [3.8, 4) is 0 Å². The quantitative estimate of drug-likeness (QED) is 0.343. The van der Waals surface area contributed by atoms with E-state index < -0.39 is 0 Å². The Morgan fingerprint density at radius 1 is 1.55 bits per heavy atom. The van der Waals surface area contributed by atoms with Crippen LogP contribution in [0.4, 0.5) is 0 Å². The Kier molecular flexibility index (Phi) is 6.48. The van der Waals surface area contributed by atoms with Gasteiger partial charge in [-0.3, -0.25) is 9.58 Å². The molecule has 0 aliphatic carbocycles. The third kappa shape index (κ3) is 3.96. The minimum Gasteiger partial charge on any atom is -0.409 e. The number of hydrogen-bond acceptors (Lipinski definition) is 4. The van der Waals surface area contributed by atoms with Crippen LogP contribution in [-0.2, 0) is 13.1 Å². The Morgan fingerprint density at radius 2 is 2.20 bits per heavy atom. The van der Waals surface area contributed by atoms with Gasteiger partial charge in [-0.1, -0.05) is 19.0 Å². The van der Waals surface area contributed by atoms with Crippen LogP contribution in [-0.4, -0.2) is 38.8 Å². The molecule has 0 aliphatic rings. The molecule has 0 bridgehead atoms. The van der Waals surface area contributed by atoms with Crippen molar-refractivity contribution < 1.29 is 5.21 Å². The van der Waals surface area contributed by atoms with E-state index in [1.807, 2.05) is 18.5 Å². The predicted octanol–water partition coefficient (Wildman–Crippen LogP) is 2.18. The molecule has 1 aromatic rings. The summed E-state index contributed by atoms with van der Waals surface area (Å²) in [6.07, 6.45) is 0. The van der Waals surface area contributed by atoms with E-state index in [0.717, 1.165) is 36.3 Å². The molecule has 1 heterocycles. The van der Waals surface area contributed by atoms with E-state index in [-0.39, 0.29) is 11.8 Å². The fourth-order valence-electron chi connectivity index (χ4n) is 2.12. The Labute approximate surface area is 128 Å². The zero-order chi connectivity index (χ0) is 15.3. The Hall–Kier alpha value is -1.08. The maximum absolute atomic E-state index is 8.73. The highest BCUT2D eigenvalue weighted by Gasteiger charge is 2.18. The number of aryl methyl sites for hydroxylation is 2. The number of nitrogens with two attached hydrogens (primary N) is 1. The highest BCUT2D eigenvalue weighted by molar-refractivity contribution is 9.10. The summed E-state index contributed by atoms with van der Waals surface area (Å²) in [7, 11) is 0. The minimum atomic E-state index is 0.0119. The van der Waals surface area contributed by atoms with Gasteiger partial charge in [0.25, 0.3) is 0 Å². The van der Waals surface area contributed by atoms with Gasteiger partial charge in [-0.25, -0.2) is 0 Å². The fraction of sp³-hybridized carbons (Fsp3) is 0.692. The molecule has 0 aliphatic heterocycles. The van der Waals surface area contributed by atoms with Gasteiger partial charge in [0.2, 0.25) is 0 Å². The first-order chi connectivity index (χ1) is 9.44. The zero-order valence-electron chi connectivity index (χ0n) is 12.6. The number of halogens is 1. The summed E-state index contributed by atoms with van der Waals surface area (Å²) in [4.78, 5) is 2.26. The van der Waals surface area contributed by atoms with Crippen LogP contribution >= 0.6 is 15.9 Å². The second kappa shape index (κ2) is 7.64. The maximum atomic E-state index is 8.73. The third-order valence-corrected chi connectivity index (χ3v) is 4.46. The highest BCUT2D eigenvalue weighted by atomic mass is 79.9. The van der Waals surface area contributed by atoms with Crippen molar-refractivity contribution >= 4 is 21.8 Å². The fourth-order valence-corrected chi connectivity index (χ4v) is 2.53. The molecular weight excluding hydrogens is 322 g/mol. The first kappa shape index (κ1) is 17.0. The van der Waals surface area contributed by atoms with Gasteiger partial charge in [0.1, 0.15) is 5.84 Å². The molecule has 0 radical (unpaired) electrons. The van der Waals surface area contributed by atoms with Crippen molar-refractivity contribution in [1.29, 1.82) is 0 Å². The van der Waals surface area contributed by atoms with E-state index in [1.165, 1.54) is 5.69 Å². The molecular formula is C13H24BrN5O. The average molecular weight is 346 g/mol. The van der Waals surface area contributed by atoms with Crippen LogP contribution in [0.3, 0.4) is 0 Å². The third-order valence-electron chi connectivity index (χ3n) is 3.43. The second-order valence-electron chi connectivity index (χ2n) is 4.92. The smallest absolute Gasteiger partial charge is 0.143 e. The molecule has 0 spiro atoms. The van der Waals surface area contributed by atoms with Gasteiger partial charge in [0, 0.05) is 25.6 Å². The molecule has 1 rings (SSSR count). The van der Waals surface area contributed by atoms with Crippen LogP contribution in [0.5, 0.6) is 0 Å². The Balaban J connectivity index is 2.84. The molecule has 1 atom stereocenters. The molecule has 20 heavy (non-hydrogen) atoms. The van der Waals surface area contributed by atoms with Gasteiger partial charge in [0.15, 0.2) is 0 Å². The van der Waals surface area contributed by atoms with Gasteiger partial charge in [-0.2, -0.15) is 5.10 Å². The first-order valence-corrected chi connectivity index (χ1v) is 7.65. The van der Waals surface area contributed by atoms with Gasteiger partial charge in [0.05, 0.1) is 15.9 Å². The largest absolute Gasteiger partial charge is 0.409 e. The van der Waals surface area contributed by atoms with E-state index in [9.17, 15) is 0 Å². The lowest BCUT2D eigenvalue weighted by molar-refractivity contribution is 0.250. The summed E-state index contributed by atoms with van der Waals surface area (Å²) in [5.41, 5.74) is 7.82. The van der Waals surface area contributed by atoms with Crippen LogP contribution in [0.2, 0.25) is 0 Å². The Morgan fingerprint density at radius 3 is 2.70 bits per heavy atom. The summed E-state index contributed by atoms with van der Waals surface area (Å²) in [5.74, 6) is 0.278. The summed E-state index contributed by atoms with van der Waals surface area (Å²) < 4.78 is 3.07. The van der Waals surface area contributed by atoms with E-state index in [4.69, 9.17) is 10.9 Å². The number of oxime groups is 1. The van der Waals surface area contributed by atoms with Gasteiger partial charge < -0.3 is 10.9 Å². The summed E-state index contributed by atoms with van der Waals surface area (Å²) in [6, 6.07) is 0. The number of amidine groups is 1. The Bertz CT molecular complexity index is 472. The molecule has 0 aromatic carbocycles. The minimum absolute atomic E-state index is 0.0119. The molecule has 114 valence electrons. The van der Waals surface area contributed by atoms with Gasteiger partial charge in [-0.15, -0.1) is 0 Å². The zero-order valence-corrected chi connectivity index (χ0v) is 14.2. The monoisotopic (exact) mass is 345 g/mol. The van der Waals surface area contributed by atoms with Crippen LogP contribution in [0.1, 0.15) is 32.2 Å². The lowest BCUT2D eigenvalue weighted by Crippen LogP contribution is -2.35. The first-order valence-electron chi connectivity index (χ1n) is 6.86. The molecule has 0 saturated heterocycles. The summed E-state index contributed by atoms with van der Waals surface area (Å²) in [5, 5.41) is 16.3. The molecule has 1 unspecified atom stereocenters. The van der Waals surface area contributed by atoms with Crippen molar-refractivity contribution in [2.45, 2.75) is 40.8 Å². The van der Waals surface area contributed by atoms with Crippen molar-refractivity contribution in [3.63, 3.8) is 0 Å². The van der Waals surface area contributed by atoms with Crippen molar-refractivity contribution in [2.75, 3.05) is 13.1 Å².